The summed E-state index contributed by atoms with van der Waals surface area (Å²) in [5, 5.41) is 4.28. The van der Waals surface area contributed by atoms with E-state index < -0.39 is 0 Å². The quantitative estimate of drug-likeness (QED) is 0.909. The largest absolute Gasteiger partial charge is 0.353 e. The molecule has 3 nitrogen and oxygen atoms in total. The molecule has 1 aromatic heterocycles. The van der Waals surface area contributed by atoms with E-state index in [1.807, 2.05) is 36.7 Å². The SMILES string of the molecule is Clc1ccc(-n2ccnc2NC2CCCC2)cc1. The zero-order valence-corrected chi connectivity index (χ0v) is 10.9. The van der Waals surface area contributed by atoms with E-state index in [1.54, 1.807) is 0 Å². The molecule has 1 aliphatic carbocycles. The van der Waals surface area contributed by atoms with Crippen LogP contribution in [0.2, 0.25) is 5.02 Å². The van der Waals surface area contributed by atoms with Gasteiger partial charge in [-0.15, -0.1) is 0 Å². The number of aromatic nitrogens is 2. The van der Waals surface area contributed by atoms with E-state index in [0.29, 0.717) is 6.04 Å². The molecule has 2 aromatic rings. The molecule has 0 unspecified atom stereocenters. The van der Waals surface area contributed by atoms with Crippen LogP contribution in [-0.4, -0.2) is 15.6 Å². The van der Waals surface area contributed by atoms with Gasteiger partial charge in [-0.25, -0.2) is 4.98 Å². The summed E-state index contributed by atoms with van der Waals surface area (Å²) < 4.78 is 2.06. The first-order chi connectivity index (χ1) is 8.83. The summed E-state index contributed by atoms with van der Waals surface area (Å²) in [5.41, 5.74) is 1.08. The van der Waals surface area contributed by atoms with E-state index in [4.69, 9.17) is 11.6 Å². The Kier molecular flexibility index (Phi) is 3.24. The van der Waals surface area contributed by atoms with Crippen molar-refractivity contribution in [2.75, 3.05) is 5.32 Å². The van der Waals surface area contributed by atoms with Crippen molar-refractivity contribution in [1.82, 2.24) is 9.55 Å². The molecule has 1 heterocycles. The van der Waals surface area contributed by atoms with Gasteiger partial charge in [-0.2, -0.15) is 0 Å². The maximum absolute atomic E-state index is 5.91. The number of rotatable bonds is 3. The highest BCUT2D eigenvalue weighted by Gasteiger charge is 2.16. The van der Waals surface area contributed by atoms with Gasteiger partial charge in [0, 0.05) is 29.1 Å². The molecule has 94 valence electrons. The van der Waals surface area contributed by atoms with Crippen molar-refractivity contribution in [1.29, 1.82) is 0 Å². The highest BCUT2D eigenvalue weighted by Crippen LogP contribution is 2.23. The van der Waals surface area contributed by atoms with Crippen LogP contribution in [0, 0.1) is 0 Å². The number of hydrogen-bond donors (Lipinski definition) is 1. The molecule has 0 spiro atoms. The van der Waals surface area contributed by atoms with Crippen molar-refractivity contribution in [3.05, 3.63) is 41.7 Å². The van der Waals surface area contributed by atoms with Gasteiger partial charge in [-0.05, 0) is 37.1 Å². The molecule has 0 amide bonds. The number of imidazole rings is 1. The average molecular weight is 262 g/mol. The molecule has 1 saturated carbocycles. The first kappa shape index (κ1) is 11.6. The van der Waals surface area contributed by atoms with E-state index in [0.717, 1.165) is 16.7 Å². The third kappa shape index (κ3) is 2.36. The topological polar surface area (TPSA) is 29.9 Å². The third-order valence-electron chi connectivity index (χ3n) is 3.43. The van der Waals surface area contributed by atoms with Crippen LogP contribution in [0.4, 0.5) is 5.95 Å². The Morgan fingerprint density at radius 2 is 1.89 bits per heavy atom. The molecular weight excluding hydrogens is 246 g/mol. The van der Waals surface area contributed by atoms with Crippen LogP contribution >= 0.6 is 11.6 Å². The summed E-state index contributed by atoms with van der Waals surface area (Å²) in [7, 11) is 0. The summed E-state index contributed by atoms with van der Waals surface area (Å²) in [6, 6.07) is 8.37. The Labute approximate surface area is 112 Å². The number of benzene rings is 1. The van der Waals surface area contributed by atoms with Crippen molar-refractivity contribution in [3.8, 4) is 5.69 Å². The molecular formula is C14H16ClN3. The van der Waals surface area contributed by atoms with E-state index in [-0.39, 0.29) is 0 Å². The minimum atomic E-state index is 0.568. The standard InChI is InChI=1S/C14H16ClN3/c15-11-5-7-13(8-6-11)18-10-9-16-14(18)17-12-3-1-2-4-12/h5-10,12H,1-4H2,(H,16,17). The molecule has 1 aromatic carbocycles. The first-order valence-electron chi connectivity index (χ1n) is 6.39. The summed E-state index contributed by atoms with van der Waals surface area (Å²) >= 11 is 5.91. The van der Waals surface area contributed by atoms with Gasteiger partial charge in [0.2, 0.25) is 5.95 Å². The van der Waals surface area contributed by atoms with E-state index in [1.165, 1.54) is 25.7 Å². The zero-order chi connectivity index (χ0) is 12.4. The Bertz CT molecular complexity index is 512. The van der Waals surface area contributed by atoms with Crippen molar-refractivity contribution < 1.29 is 0 Å². The third-order valence-corrected chi connectivity index (χ3v) is 3.69. The van der Waals surface area contributed by atoms with E-state index in [9.17, 15) is 0 Å². The molecule has 1 fully saturated rings. The molecule has 0 atom stereocenters. The highest BCUT2D eigenvalue weighted by atomic mass is 35.5. The van der Waals surface area contributed by atoms with Crippen LogP contribution in [0.15, 0.2) is 36.7 Å². The lowest BCUT2D eigenvalue weighted by atomic mass is 10.2. The van der Waals surface area contributed by atoms with Gasteiger partial charge in [-0.3, -0.25) is 4.57 Å². The van der Waals surface area contributed by atoms with Gasteiger partial charge in [0.15, 0.2) is 0 Å². The molecule has 4 heteroatoms. The van der Waals surface area contributed by atoms with Crippen molar-refractivity contribution >= 4 is 17.5 Å². The van der Waals surface area contributed by atoms with Gasteiger partial charge in [0.1, 0.15) is 0 Å². The lowest BCUT2D eigenvalue weighted by Crippen LogP contribution is -2.17. The maximum Gasteiger partial charge on any atom is 0.207 e. The summed E-state index contributed by atoms with van der Waals surface area (Å²) in [5.74, 6) is 0.921. The number of anilines is 1. The molecule has 0 bridgehead atoms. The van der Waals surface area contributed by atoms with Crippen LogP contribution in [0.3, 0.4) is 0 Å². The van der Waals surface area contributed by atoms with Crippen molar-refractivity contribution in [2.45, 2.75) is 31.7 Å². The van der Waals surface area contributed by atoms with Crippen LogP contribution in [0.5, 0.6) is 0 Å². The smallest absolute Gasteiger partial charge is 0.207 e. The minimum absolute atomic E-state index is 0.568. The molecule has 3 rings (SSSR count). The fourth-order valence-corrected chi connectivity index (χ4v) is 2.60. The number of hydrogen-bond acceptors (Lipinski definition) is 2. The summed E-state index contributed by atoms with van der Waals surface area (Å²) in [4.78, 5) is 4.40. The summed E-state index contributed by atoms with van der Waals surface area (Å²) in [6.07, 6.45) is 8.92. The van der Waals surface area contributed by atoms with Gasteiger partial charge >= 0.3 is 0 Å². The fourth-order valence-electron chi connectivity index (χ4n) is 2.47. The maximum atomic E-state index is 5.91. The second-order valence-electron chi connectivity index (χ2n) is 4.72. The van der Waals surface area contributed by atoms with Gasteiger partial charge in [0.05, 0.1) is 0 Å². The molecule has 0 radical (unpaired) electrons. The average Bonchev–Trinajstić information content (AvgIpc) is 3.02. The Morgan fingerprint density at radius 1 is 1.17 bits per heavy atom. The molecule has 0 aliphatic heterocycles. The van der Waals surface area contributed by atoms with E-state index in [2.05, 4.69) is 14.9 Å². The Hall–Kier alpha value is -1.48. The van der Waals surface area contributed by atoms with Crippen LogP contribution < -0.4 is 5.32 Å². The molecule has 18 heavy (non-hydrogen) atoms. The normalized spacial score (nSPS) is 16.1. The Morgan fingerprint density at radius 3 is 2.61 bits per heavy atom. The zero-order valence-electron chi connectivity index (χ0n) is 10.1. The number of nitrogens with one attached hydrogen (secondary N) is 1. The highest BCUT2D eigenvalue weighted by molar-refractivity contribution is 6.30. The van der Waals surface area contributed by atoms with E-state index >= 15 is 0 Å². The number of halogens is 1. The lowest BCUT2D eigenvalue weighted by Gasteiger charge is -2.14. The molecule has 0 saturated heterocycles. The first-order valence-corrected chi connectivity index (χ1v) is 6.76. The molecule has 1 N–H and O–H groups in total. The van der Waals surface area contributed by atoms with Gasteiger partial charge in [-0.1, -0.05) is 24.4 Å². The van der Waals surface area contributed by atoms with Crippen LogP contribution in [0.1, 0.15) is 25.7 Å². The van der Waals surface area contributed by atoms with Crippen molar-refractivity contribution in [3.63, 3.8) is 0 Å². The van der Waals surface area contributed by atoms with Gasteiger partial charge in [0.25, 0.3) is 0 Å². The van der Waals surface area contributed by atoms with Crippen LogP contribution in [-0.2, 0) is 0 Å². The van der Waals surface area contributed by atoms with Gasteiger partial charge < -0.3 is 5.32 Å². The minimum Gasteiger partial charge on any atom is -0.353 e. The predicted octanol–water partition coefficient (Wildman–Crippen LogP) is 3.88. The second-order valence-corrected chi connectivity index (χ2v) is 5.16. The van der Waals surface area contributed by atoms with Crippen molar-refractivity contribution in [2.24, 2.45) is 0 Å². The predicted molar refractivity (Wildman–Crippen MR) is 74.5 cm³/mol. The lowest BCUT2D eigenvalue weighted by molar-refractivity contribution is 0.740. The molecule has 1 aliphatic rings. The van der Waals surface area contributed by atoms with Crippen LogP contribution in [0.25, 0.3) is 5.69 Å². The Balaban J connectivity index is 1.84. The number of nitrogens with zero attached hydrogens (tertiary/aromatic N) is 2. The summed E-state index contributed by atoms with van der Waals surface area (Å²) in [6.45, 7) is 0. The monoisotopic (exact) mass is 261 g/mol. The second kappa shape index (κ2) is 5.02. The fraction of sp³-hybridized carbons (Fsp3) is 0.357.